The minimum atomic E-state index is -4.57. The largest absolute Gasteiger partial charge is 0.484 e. The van der Waals surface area contributed by atoms with Crippen LogP contribution in [-0.4, -0.2) is 95.2 Å². The number of aliphatic hydroxyl groups excluding tert-OH is 2. The van der Waals surface area contributed by atoms with Crippen LogP contribution in [0.25, 0.3) is 5.65 Å². The highest BCUT2D eigenvalue weighted by Crippen LogP contribution is 2.35. The third-order valence-electron chi connectivity index (χ3n) is 7.25. The van der Waals surface area contributed by atoms with E-state index in [4.69, 9.17) is 9.47 Å². The van der Waals surface area contributed by atoms with Gasteiger partial charge in [0.1, 0.15) is 36.5 Å². The first-order valence-corrected chi connectivity index (χ1v) is 13.8. The number of halogens is 3. The van der Waals surface area contributed by atoms with Gasteiger partial charge in [-0.3, -0.25) is 0 Å². The normalized spacial score (nSPS) is 20.1. The second-order valence-electron chi connectivity index (χ2n) is 10.4. The van der Waals surface area contributed by atoms with Crippen LogP contribution in [0.15, 0.2) is 67.1 Å². The summed E-state index contributed by atoms with van der Waals surface area (Å²) in [6, 6.07) is 14.2. The molecule has 5 rings (SSSR count). The summed E-state index contributed by atoms with van der Waals surface area (Å²) in [5.41, 5.74) is -1.28. The van der Waals surface area contributed by atoms with Crippen molar-refractivity contribution in [1.29, 1.82) is 0 Å². The van der Waals surface area contributed by atoms with Gasteiger partial charge < -0.3 is 40.0 Å². The van der Waals surface area contributed by atoms with E-state index in [1.165, 1.54) is 29.2 Å². The molecule has 4 atom stereocenters. The molecule has 1 aliphatic heterocycles. The van der Waals surface area contributed by atoms with E-state index in [-0.39, 0.29) is 17.0 Å². The van der Waals surface area contributed by atoms with Crippen LogP contribution in [0, 0.1) is 0 Å². The number of hydrogen-bond acceptors (Lipinski definition) is 11. The fourth-order valence-corrected chi connectivity index (χ4v) is 4.86. The molecule has 0 aliphatic carbocycles. The number of alkyl halides is 3. The van der Waals surface area contributed by atoms with Crippen molar-refractivity contribution in [3.63, 3.8) is 0 Å². The van der Waals surface area contributed by atoms with Gasteiger partial charge in [-0.1, -0.05) is 42.5 Å². The molecule has 0 amide bonds. The standard InChI is InChI=1S/C29H28F3N5O9/c30-29(31,32)14-44-18-8-6-16(7-9-18)10-28(26(40)41,27(42)43)45-13-20-21(38)22(39)23(46-20)19-12-34-25-24(35-15-36-37(19)25)33-11-17-4-2-1-3-5-17/h1-9,12,15,20-23,38-39H,10-11,13-14H2,(H,40,41)(H,42,43)(H,33,35,36)/t20-,21-,22-,23?/m1/s1. The molecule has 0 radical (unpaired) electrons. The van der Waals surface area contributed by atoms with Gasteiger partial charge in [-0.25, -0.2) is 24.1 Å². The van der Waals surface area contributed by atoms with Gasteiger partial charge in [0.2, 0.25) is 0 Å². The molecule has 3 heterocycles. The number of fused-ring (bicyclic) bond motifs is 1. The van der Waals surface area contributed by atoms with Gasteiger partial charge in [0.25, 0.3) is 5.60 Å². The van der Waals surface area contributed by atoms with Crippen molar-refractivity contribution in [2.24, 2.45) is 0 Å². The molecule has 17 heteroatoms. The number of ether oxygens (including phenoxy) is 3. The van der Waals surface area contributed by atoms with Crippen LogP contribution in [0.1, 0.15) is 22.9 Å². The maximum absolute atomic E-state index is 12.4. The van der Waals surface area contributed by atoms with E-state index in [9.17, 15) is 43.2 Å². The average Bonchev–Trinajstić information content (AvgIpc) is 3.58. The Morgan fingerprint density at radius 3 is 2.30 bits per heavy atom. The Hall–Kier alpha value is -4.84. The predicted molar refractivity (Wildman–Crippen MR) is 150 cm³/mol. The Balaban J connectivity index is 1.29. The Bertz CT molecular complexity index is 1660. The third-order valence-corrected chi connectivity index (χ3v) is 7.25. The average molecular weight is 648 g/mol. The molecule has 0 saturated carbocycles. The number of anilines is 1. The van der Waals surface area contributed by atoms with Crippen LogP contribution >= 0.6 is 0 Å². The molecule has 5 N–H and O–H groups in total. The molecule has 2 aromatic heterocycles. The molecule has 2 aromatic carbocycles. The van der Waals surface area contributed by atoms with E-state index in [1.807, 2.05) is 30.3 Å². The summed E-state index contributed by atoms with van der Waals surface area (Å²) in [4.78, 5) is 33.0. The smallest absolute Gasteiger partial charge is 0.422 e. The number of imidazole rings is 1. The van der Waals surface area contributed by atoms with Gasteiger partial charge in [0.05, 0.1) is 18.5 Å². The van der Waals surface area contributed by atoms with Crippen LogP contribution in [0.4, 0.5) is 19.0 Å². The minimum Gasteiger partial charge on any atom is -0.484 e. The Kier molecular flexibility index (Phi) is 9.38. The zero-order chi connectivity index (χ0) is 33.1. The summed E-state index contributed by atoms with van der Waals surface area (Å²) in [6.07, 6.45) is -8.47. The Morgan fingerprint density at radius 1 is 0.957 bits per heavy atom. The Morgan fingerprint density at radius 2 is 1.65 bits per heavy atom. The van der Waals surface area contributed by atoms with E-state index in [0.717, 1.165) is 17.7 Å². The molecule has 0 bridgehead atoms. The number of carboxylic acids is 2. The number of hydrogen-bond donors (Lipinski definition) is 5. The van der Waals surface area contributed by atoms with E-state index < -0.39 is 67.8 Å². The topological polar surface area (TPSA) is 198 Å². The van der Waals surface area contributed by atoms with Gasteiger partial charge in [-0.05, 0) is 23.3 Å². The van der Waals surface area contributed by atoms with Crippen LogP contribution in [0.5, 0.6) is 5.75 Å². The summed E-state index contributed by atoms with van der Waals surface area (Å²) in [7, 11) is 0. The number of nitrogens with one attached hydrogen (secondary N) is 1. The molecule has 14 nitrogen and oxygen atoms in total. The van der Waals surface area contributed by atoms with E-state index in [0.29, 0.717) is 18.0 Å². The van der Waals surface area contributed by atoms with Gasteiger partial charge in [0, 0.05) is 13.0 Å². The first-order chi connectivity index (χ1) is 21.9. The van der Waals surface area contributed by atoms with Gasteiger partial charge >= 0.3 is 18.1 Å². The summed E-state index contributed by atoms with van der Waals surface area (Å²) in [5.74, 6) is -3.55. The Labute approximate surface area is 258 Å². The maximum atomic E-state index is 12.4. The number of aliphatic hydroxyl groups is 2. The van der Waals surface area contributed by atoms with E-state index >= 15 is 0 Å². The zero-order valence-electron chi connectivity index (χ0n) is 23.7. The first kappa shape index (κ1) is 32.6. The summed E-state index contributed by atoms with van der Waals surface area (Å²) in [6.45, 7) is -1.88. The molecule has 46 heavy (non-hydrogen) atoms. The van der Waals surface area contributed by atoms with Gasteiger partial charge in [0.15, 0.2) is 18.1 Å². The van der Waals surface area contributed by atoms with Gasteiger partial charge in [-0.15, -0.1) is 0 Å². The number of benzene rings is 2. The first-order valence-electron chi connectivity index (χ1n) is 13.8. The summed E-state index contributed by atoms with van der Waals surface area (Å²) >= 11 is 0. The molecule has 0 spiro atoms. The fraction of sp³-hybridized carbons (Fsp3) is 0.345. The van der Waals surface area contributed by atoms with Crippen molar-refractivity contribution in [3.05, 3.63) is 83.9 Å². The fourth-order valence-electron chi connectivity index (χ4n) is 4.86. The van der Waals surface area contributed by atoms with E-state index in [1.54, 1.807) is 0 Å². The highest BCUT2D eigenvalue weighted by atomic mass is 19.4. The van der Waals surface area contributed by atoms with Crippen LogP contribution < -0.4 is 10.1 Å². The van der Waals surface area contributed by atoms with E-state index in [2.05, 4.69) is 25.1 Å². The lowest BCUT2D eigenvalue weighted by Gasteiger charge is -2.27. The molecule has 4 aromatic rings. The predicted octanol–water partition coefficient (Wildman–Crippen LogP) is 2.01. The third kappa shape index (κ3) is 7.02. The van der Waals surface area contributed by atoms with Crippen molar-refractivity contribution in [3.8, 4) is 5.75 Å². The monoisotopic (exact) mass is 647 g/mol. The lowest BCUT2D eigenvalue weighted by Crippen LogP contribution is -2.52. The molecule has 244 valence electrons. The lowest BCUT2D eigenvalue weighted by molar-refractivity contribution is -0.189. The number of aliphatic carboxylic acids is 2. The van der Waals surface area contributed by atoms with Crippen molar-refractivity contribution >= 4 is 23.4 Å². The maximum Gasteiger partial charge on any atom is 0.422 e. The number of rotatable bonds is 13. The van der Waals surface area contributed by atoms with Crippen molar-refractivity contribution in [2.45, 2.75) is 49.2 Å². The molecular formula is C29H28F3N5O9. The lowest BCUT2D eigenvalue weighted by atomic mass is 9.94. The quantitative estimate of drug-likeness (QED) is 0.132. The van der Waals surface area contributed by atoms with Crippen LogP contribution in [0.2, 0.25) is 0 Å². The number of nitrogens with zero attached hydrogens (tertiary/aromatic N) is 4. The molecule has 1 fully saturated rings. The second-order valence-corrected chi connectivity index (χ2v) is 10.4. The molecule has 1 aliphatic rings. The van der Waals surface area contributed by atoms with Gasteiger partial charge in [-0.2, -0.15) is 18.3 Å². The second kappa shape index (κ2) is 13.3. The summed E-state index contributed by atoms with van der Waals surface area (Å²) in [5, 5.41) is 48.7. The highest BCUT2D eigenvalue weighted by Gasteiger charge is 2.51. The van der Waals surface area contributed by atoms with Crippen molar-refractivity contribution in [2.75, 3.05) is 18.5 Å². The van der Waals surface area contributed by atoms with Crippen LogP contribution in [0.3, 0.4) is 0 Å². The molecular weight excluding hydrogens is 619 g/mol. The minimum absolute atomic E-state index is 0.0945. The number of carbonyl (C=O) groups is 2. The molecule has 1 saturated heterocycles. The number of carboxylic acid groups (broad SMARTS) is 2. The zero-order valence-corrected chi connectivity index (χ0v) is 23.7. The molecule has 1 unspecified atom stereocenters. The van der Waals surface area contributed by atoms with Crippen molar-refractivity contribution in [1.82, 2.24) is 19.6 Å². The van der Waals surface area contributed by atoms with Crippen molar-refractivity contribution < 1.29 is 57.4 Å². The number of aromatic nitrogens is 4. The van der Waals surface area contributed by atoms with Crippen LogP contribution in [-0.2, 0) is 32.0 Å². The highest BCUT2D eigenvalue weighted by molar-refractivity contribution is 6.02. The SMILES string of the molecule is O=C(O)C(Cc1ccc(OCC(F)(F)F)cc1)(OC[C@H]1OC(c2cnc3c(NCc4ccccc4)ncnn23)[C@H](O)[C@@H]1O)C(=O)O. The summed E-state index contributed by atoms with van der Waals surface area (Å²) < 4.78 is 54.5.